The van der Waals surface area contributed by atoms with E-state index in [2.05, 4.69) is 19.9 Å². The molecule has 1 aromatic carbocycles. The van der Waals surface area contributed by atoms with Crippen LogP contribution in [0.3, 0.4) is 0 Å². The molecule has 11 heteroatoms. The summed E-state index contributed by atoms with van der Waals surface area (Å²) >= 11 is 1.33. The van der Waals surface area contributed by atoms with Crippen LogP contribution in [0.5, 0.6) is 5.75 Å². The van der Waals surface area contributed by atoms with E-state index in [1.54, 1.807) is 0 Å². The van der Waals surface area contributed by atoms with Crippen LogP contribution in [0.2, 0.25) is 0 Å². The number of ether oxygens (including phenoxy) is 2. The van der Waals surface area contributed by atoms with Crippen molar-refractivity contribution in [2.75, 3.05) is 32.6 Å². The molecule has 1 saturated heterocycles. The molecule has 2 heterocycles. The van der Waals surface area contributed by atoms with Gasteiger partial charge in [-0.25, -0.2) is 18.1 Å². The Morgan fingerprint density at radius 3 is 2.67 bits per heavy atom. The zero-order chi connectivity index (χ0) is 21.9. The largest absolute Gasteiger partial charge is 0.495 e. The van der Waals surface area contributed by atoms with E-state index in [0.29, 0.717) is 11.7 Å². The van der Waals surface area contributed by atoms with Gasteiger partial charge in [-0.15, -0.1) is 11.3 Å². The molecule has 2 atom stereocenters. The summed E-state index contributed by atoms with van der Waals surface area (Å²) in [6, 6.07) is 4.24. The molecule has 30 heavy (non-hydrogen) atoms. The van der Waals surface area contributed by atoms with E-state index >= 15 is 0 Å². The van der Waals surface area contributed by atoms with Crippen LogP contribution in [0.25, 0.3) is 0 Å². The molecular weight excluding hydrogens is 428 g/mol. The standard InChI is InChI=1S/C19H26N4O5S2/c1-12-8-23(9-13(2)28-12)10-15-11-29-19(21-15)22-18(24)14-5-6-16(27-4)17(7-14)30(25,26)20-3/h5-7,11-13,20H,8-10H2,1-4H3,(H,21,22,24)/t12-,13-/m0/s1. The topological polar surface area (TPSA) is 110 Å². The van der Waals surface area contributed by atoms with Gasteiger partial charge < -0.3 is 9.47 Å². The predicted octanol–water partition coefficient (Wildman–Crippen LogP) is 1.92. The molecule has 2 N–H and O–H groups in total. The number of anilines is 1. The van der Waals surface area contributed by atoms with Gasteiger partial charge in [-0.05, 0) is 39.1 Å². The third kappa shape index (κ3) is 5.35. The second-order valence-electron chi connectivity index (χ2n) is 7.12. The van der Waals surface area contributed by atoms with Gasteiger partial charge in [-0.1, -0.05) is 0 Å². The Morgan fingerprint density at radius 2 is 2.03 bits per heavy atom. The molecule has 9 nitrogen and oxygen atoms in total. The number of morpholine rings is 1. The van der Waals surface area contributed by atoms with Gasteiger partial charge in [0, 0.05) is 30.6 Å². The molecule has 1 aromatic heterocycles. The highest BCUT2D eigenvalue weighted by Gasteiger charge is 2.23. The highest BCUT2D eigenvalue weighted by molar-refractivity contribution is 7.89. The van der Waals surface area contributed by atoms with Gasteiger partial charge in [0.1, 0.15) is 10.6 Å². The van der Waals surface area contributed by atoms with Crippen LogP contribution >= 0.6 is 11.3 Å². The number of aromatic nitrogens is 1. The van der Waals surface area contributed by atoms with Crippen LogP contribution < -0.4 is 14.8 Å². The highest BCUT2D eigenvalue weighted by Crippen LogP contribution is 2.26. The number of carbonyl (C=O) groups excluding carboxylic acids is 1. The molecule has 2 aromatic rings. The Labute approximate surface area is 180 Å². The van der Waals surface area contributed by atoms with Crippen molar-refractivity contribution in [2.24, 2.45) is 0 Å². The number of nitrogens with zero attached hydrogens (tertiary/aromatic N) is 2. The average Bonchev–Trinajstić information content (AvgIpc) is 3.13. The molecule has 1 aliphatic rings. The minimum absolute atomic E-state index is 0.101. The molecule has 1 fully saturated rings. The zero-order valence-electron chi connectivity index (χ0n) is 17.3. The number of rotatable bonds is 7. The summed E-state index contributed by atoms with van der Waals surface area (Å²) in [6.45, 7) is 6.44. The summed E-state index contributed by atoms with van der Waals surface area (Å²) in [4.78, 5) is 19.3. The van der Waals surface area contributed by atoms with Gasteiger partial charge in [0.05, 0.1) is 25.0 Å². The number of hydrogen-bond donors (Lipinski definition) is 2. The number of hydrogen-bond acceptors (Lipinski definition) is 8. The van der Waals surface area contributed by atoms with E-state index in [0.717, 1.165) is 18.8 Å². The summed E-state index contributed by atoms with van der Waals surface area (Å²) in [7, 11) is -1.10. The van der Waals surface area contributed by atoms with E-state index in [1.807, 2.05) is 19.2 Å². The summed E-state index contributed by atoms with van der Waals surface area (Å²) in [5, 5.41) is 5.10. The lowest BCUT2D eigenvalue weighted by atomic mass is 10.2. The maximum Gasteiger partial charge on any atom is 0.257 e. The molecule has 1 amide bonds. The lowest BCUT2D eigenvalue weighted by Crippen LogP contribution is -2.44. The fourth-order valence-electron chi connectivity index (χ4n) is 3.39. The Kier molecular flexibility index (Phi) is 7.09. The van der Waals surface area contributed by atoms with Gasteiger partial charge in [-0.3, -0.25) is 15.0 Å². The molecule has 0 radical (unpaired) electrons. The van der Waals surface area contributed by atoms with Crippen molar-refractivity contribution in [1.82, 2.24) is 14.6 Å². The van der Waals surface area contributed by atoms with Crippen molar-refractivity contribution >= 4 is 32.4 Å². The number of carbonyl (C=O) groups is 1. The molecule has 0 aliphatic carbocycles. The molecule has 164 valence electrons. The Morgan fingerprint density at radius 1 is 1.33 bits per heavy atom. The molecule has 1 aliphatic heterocycles. The van der Waals surface area contributed by atoms with Gasteiger partial charge in [-0.2, -0.15) is 0 Å². The molecule has 0 unspecified atom stereocenters. The van der Waals surface area contributed by atoms with Crippen LogP contribution in [0.15, 0.2) is 28.5 Å². The second-order valence-corrected chi connectivity index (χ2v) is 9.84. The number of thiazole rings is 1. The van der Waals surface area contributed by atoms with E-state index in [1.165, 1.54) is 43.7 Å². The van der Waals surface area contributed by atoms with Gasteiger partial charge in [0.25, 0.3) is 5.91 Å². The number of sulfonamides is 1. The first-order valence-electron chi connectivity index (χ1n) is 9.47. The summed E-state index contributed by atoms with van der Waals surface area (Å²) < 4.78 is 37.5. The predicted molar refractivity (Wildman–Crippen MR) is 115 cm³/mol. The van der Waals surface area contributed by atoms with Crippen LogP contribution in [0.1, 0.15) is 29.9 Å². The maximum absolute atomic E-state index is 12.6. The molecule has 3 rings (SSSR count). The lowest BCUT2D eigenvalue weighted by Gasteiger charge is -2.34. The average molecular weight is 455 g/mol. The van der Waals surface area contributed by atoms with E-state index in [-0.39, 0.29) is 28.4 Å². The molecule has 0 saturated carbocycles. The quantitative estimate of drug-likeness (QED) is 0.658. The van der Waals surface area contributed by atoms with Crippen molar-refractivity contribution in [3.63, 3.8) is 0 Å². The number of amides is 1. The first-order valence-corrected chi connectivity index (χ1v) is 11.8. The van der Waals surface area contributed by atoms with Crippen molar-refractivity contribution < 1.29 is 22.7 Å². The number of benzene rings is 1. The van der Waals surface area contributed by atoms with Crippen LogP contribution in [-0.4, -0.2) is 63.7 Å². The Balaban J connectivity index is 1.70. The van der Waals surface area contributed by atoms with E-state index in [9.17, 15) is 13.2 Å². The lowest BCUT2D eigenvalue weighted by molar-refractivity contribution is -0.0707. The monoisotopic (exact) mass is 454 g/mol. The fourth-order valence-corrected chi connectivity index (χ4v) is 5.00. The van der Waals surface area contributed by atoms with Crippen molar-refractivity contribution in [3.05, 3.63) is 34.8 Å². The third-order valence-corrected chi connectivity index (χ3v) is 6.88. The summed E-state index contributed by atoms with van der Waals surface area (Å²) in [6.07, 6.45) is 0.342. The van der Waals surface area contributed by atoms with Crippen molar-refractivity contribution in [3.8, 4) is 5.75 Å². The summed E-state index contributed by atoms with van der Waals surface area (Å²) in [5.74, 6) is -0.286. The minimum atomic E-state index is -3.77. The zero-order valence-corrected chi connectivity index (χ0v) is 19.0. The molecule has 0 bridgehead atoms. The minimum Gasteiger partial charge on any atom is -0.495 e. The normalized spacial score (nSPS) is 20.1. The van der Waals surface area contributed by atoms with Gasteiger partial charge in [0.15, 0.2) is 5.13 Å². The number of nitrogens with one attached hydrogen (secondary N) is 2. The van der Waals surface area contributed by atoms with Crippen molar-refractivity contribution in [1.29, 1.82) is 0 Å². The SMILES string of the molecule is CNS(=O)(=O)c1cc(C(=O)Nc2nc(CN3C[C@H](C)O[C@@H](C)C3)cs2)ccc1OC. The molecular formula is C19H26N4O5S2. The smallest absolute Gasteiger partial charge is 0.257 e. The number of methoxy groups -OCH3 is 1. The second kappa shape index (κ2) is 9.40. The third-order valence-electron chi connectivity index (χ3n) is 4.64. The van der Waals surface area contributed by atoms with Crippen LogP contribution in [0.4, 0.5) is 5.13 Å². The first kappa shape index (κ1) is 22.6. The van der Waals surface area contributed by atoms with E-state index in [4.69, 9.17) is 9.47 Å². The van der Waals surface area contributed by atoms with Gasteiger partial charge in [0.2, 0.25) is 10.0 Å². The molecule has 0 spiro atoms. The van der Waals surface area contributed by atoms with E-state index < -0.39 is 15.9 Å². The van der Waals surface area contributed by atoms with Crippen LogP contribution in [0, 0.1) is 0 Å². The summed E-state index contributed by atoms with van der Waals surface area (Å²) in [5.41, 5.74) is 1.06. The van der Waals surface area contributed by atoms with Crippen LogP contribution in [-0.2, 0) is 21.3 Å². The fraction of sp³-hybridized carbons (Fsp3) is 0.474. The Hall–Kier alpha value is -2.05. The maximum atomic E-state index is 12.6. The van der Waals surface area contributed by atoms with Gasteiger partial charge >= 0.3 is 0 Å². The Bertz CT molecular complexity index is 998. The first-order chi connectivity index (χ1) is 14.2. The van der Waals surface area contributed by atoms with Crippen molar-refractivity contribution in [2.45, 2.75) is 37.5 Å². The highest BCUT2D eigenvalue weighted by atomic mass is 32.2.